The smallest absolute Gasteiger partial charge is 0.308 e. The first-order valence-corrected chi connectivity index (χ1v) is 6.61. The molecule has 1 aliphatic heterocycles. The number of fused-ring (bicyclic) bond motifs is 1. The van der Waals surface area contributed by atoms with Crippen LogP contribution in [0.5, 0.6) is 0 Å². The van der Waals surface area contributed by atoms with Gasteiger partial charge in [-0.3, -0.25) is 9.69 Å². The summed E-state index contributed by atoms with van der Waals surface area (Å²) in [6.07, 6.45) is 0.299. The van der Waals surface area contributed by atoms with Crippen LogP contribution in [0.3, 0.4) is 0 Å². The molecule has 1 N–H and O–H groups in total. The lowest BCUT2D eigenvalue weighted by Crippen LogP contribution is -2.40. The van der Waals surface area contributed by atoms with E-state index in [-0.39, 0.29) is 17.6 Å². The summed E-state index contributed by atoms with van der Waals surface area (Å²) in [6.45, 7) is 0.336. The number of benzene rings is 2. The lowest BCUT2D eigenvalue weighted by molar-refractivity contribution is 0.0981. The second-order valence-corrected chi connectivity index (χ2v) is 4.78. The maximum absolute atomic E-state index is 12.9. The number of hydrogen-bond donors (Lipinski definition) is 1. The molecule has 0 unspecified atom stereocenters. The maximum Gasteiger partial charge on any atom is 0.326 e. The number of halogens is 1. The first-order chi connectivity index (χ1) is 10.1. The third kappa shape index (κ3) is 2.63. The lowest BCUT2D eigenvalue weighted by atomic mass is 10.0. The van der Waals surface area contributed by atoms with Crippen molar-refractivity contribution in [2.75, 3.05) is 16.8 Å². The van der Waals surface area contributed by atoms with Crippen LogP contribution in [0.25, 0.3) is 0 Å². The van der Waals surface area contributed by atoms with Crippen molar-refractivity contribution in [1.29, 1.82) is 0 Å². The fourth-order valence-electron chi connectivity index (χ4n) is 2.35. The zero-order valence-electron chi connectivity index (χ0n) is 11.2. The number of carbonyl (C=O) groups is 2. The minimum absolute atomic E-state index is 0.0384. The topological polar surface area (TPSA) is 49.4 Å². The van der Waals surface area contributed by atoms with Crippen molar-refractivity contribution >= 4 is 23.2 Å². The van der Waals surface area contributed by atoms with E-state index in [2.05, 4.69) is 5.32 Å². The number of anilines is 2. The molecule has 1 heterocycles. The number of carbonyl (C=O) groups excluding carboxylic acids is 2. The Balaban J connectivity index is 1.84. The summed E-state index contributed by atoms with van der Waals surface area (Å²) in [5.41, 5.74) is 1.67. The molecule has 0 saturated heterocycles. The fraction of sp³-hybridized carbons (Fsp3) is 0.125. The van der Waals surface area contributed by atoms with Gasteiger partial charge in [0.1, 0.15) is 5.82 Å². The van der Waals surface area contributed by atoms with Gasteiger partial charge in [-0.15, -0.1) is 0 Å². The van der Waals surface area contributed by atoms with Crippen LogP contribution in [-0.4, -0.2) is 18.4 Å². The molecule has 0 radical (unpaired) electrons. The van der Waals surface area contributed by atoms with Crippen molar-refractivity contribution in [1.82, 2.24) is 0 Å². The summed E-state index contributed by atoms with van der Waals surface area (Å²) < 4.78 is 12.9. The number of para-hydroxylation sites is 1. The highest BCUT2D eigenvalue weighted by Crippen LogP contribution is 2.27. The molecule has 0 bridgehead atoms. The Labute approximate surface area is 121 Å². The average molecular weight is 284 g/mol. The first kappa shape index (κ1) is 13.3. The molecule has 0 aromatic heterocycles. The Bertz CT molecular complexity index is 698. The normalized spacial score (nSPS) is 13.8. The molecule has 106 valence electrons. The first-order valence-electron chi connectivity index (χ1n) is 6.61. The molecule has 0 spiro atoms. The number of nitrogens with one attached hydrogen (secondary N) is 1. The van der Waals surface area contributed by atoms with E-state index in [0.717, 1.165) is 0 Å². The number of urea groups is 1. The Kier molecular flexibility index (Phi) is 3.39. The van der Waals surface area contributed by atoms with E-state index in [1.54, 1.807) is 24.3 Å². The monoisotopic (exact) mass is 284 g/mol. The van der Waals surface area contributed by atoms with Gasteiger partial charge in [0.25, 0.3) is 0 Å². The SMILES string of the molecule is O=C1CCN(C(=O)Nc2ccc(F)cc2)c2ccccc21. The molecule has 2 aromatic carbocycles. The third-order valence-electron chi connectivity index (χ3n) is 3.40. The van der Waals surface area contributed by atoms with E-state index in [9.17, 15) is 14.0 Å². The number of Topliss-reactive ketones (excluding diaryl/α,β-unsaturated/α-hetero) is 1. The van der Waals surface area contributed by atoms with Gasteiger partial charge in [-0.1, -0.05) is 12.1 Å². The van der Waals surface area contributed by atoms with Crippen molar-refractivity contribution in [3.8, 4) is 0 Å². The molecule has 2 amide bonds. The van der Waals surface area contributed by atoms with Crippen molar-refractivity contribution in [3.05, 3.63) is 59.9 Å². The summed E-state index contributed by atoms with van der Waals surface area (Å²) in [4.78, 5) is 25.7. The molecular weight excluding hydrogens is 271 g/mol. The Morgan fingerprint density at radius 2 is 1.81 bits per heavy atom. The Morgan fingerprint density at radius 1 is 1.10 bits per heavy atom. The molecule has 0 saturated carbocycles. The summed E-state index contributed by atoms with van der Waals surface area (Å²) in [5.74, 6) is -0.321. The molecule has 3 rings (SSSR count). The molecule has 0 aliphatic carbocycles. The van der Waals surface area contributed by atoms with E-state index in [1.165, 1.54) is 29.2 Å². The van der Waals surface area contributed by atoms with E-state index in [4.69, 9.17) is 0 Å². The number of ketones is 1. The summed E-state index contributed by atoms with van der Waals surface area (Å²) in [5, 5.41) is 2.70. The minimum Gasteiger partial charge on any atom is -0.308 e. The molecular formula is C16H13FN2O2. The van der Waals surface area contributed by atoms with Crippen LogP contribution in [-0.2, 0) is 0 Å². The molecule has 0 fully saturated rings. The third-order valence-corrected chi connectivity index (χ3v) is 3.40. The van der Waals surface area contributed by atoms with Gasteiger partial charge >= 0.3 is 6.03 Å². The summed E-state index contributed by atoms with van der Waals surface area (Å²) in [6, 6.07) is 12.2. The lowest BCUT2D eigenvalue weighted by Gasteiger charge is -2.28. The number of nitrogens with zero attached hydrogens (tertiary/aromatic N) is 1. The molecule has 2 aromatic rings. The molecule has 5 heteroatoms. The van der Waals surface area contributed by atoms with Crippen LogP contribution < -0.4 is 10.2 Å². The van der Waals surface area contributed by atoms with E-state index in [0.29, 0.717) is 29.9 Å². The van der Waals surface area contributed by atoms with Crippen molar-refractivity contribution in [2.24, 2.45) is 0 Å². The summed E-state index contributed by atoms with van der Waals surface area (Å²) >= 11 is 0. The summed E-state index contributed by atoms with van der Waals surface area (Å²) in [7, 11) is 0. The van der Waals surface area contributed by atoms with Crippen LogP contribution in [0, 0.1) is 5.82 Å². The van der Waals surface area contributed by atoms with Gasteiger partial charge in [-0.05, 0) is 36.4 Å². The van der Waals surface area contributed by atoms with Crippen LogP contribution in [0.2, 0.25) is 0 Å². The van der Waals surface area contributed by atoms with Crippen LogP contribution in [0.15, 0.2) is 48.5 Å². The van der Waals surface area contributed by atoms with Gasteiger partial charge in [-0.2, -0.15) is 0 Å². The number of rotatable bonds is 1. The van der Waals surface area contributed by atoms with Gasteiger partial charge in [0.2, 0.25) is 0 Å². The molecule has 21 heavy (non-hydrogen) atoms. The standard InChI is InChI=1S/C16H13FN2O2/c17-11-5-7-12(8-6-11)18-16(21)19-10-9-15(20)13-3-1-2-4-14(13)19/h1-8H,9-10H2,(H,18,21). The molecule has 0 atom stereocenters. The fourth-order valence-corrected chi connectivity index (χ4v) is 2.35. The van der Waals surface area contributed by atoms with Gasteiger partial charge in [0.15, 0.2) is 5.78 Å². The van der Waals surface area contributed by atoms with Crippen molar-refractivity contribution < 1.29 is 14.0 Å². The quantitative estimate of drug-likeness (QED) is 0.872. The van der Waals surface area contributed by atoms with Gasteiger partial charge in [0.05, 0.1) is 5.69 Å². The average Bonchev–Trinajstić information content (AvgIpc) is 2.50. The van der Waals surface area contributed by atoms with Crippen LogP contribution >= 0.6 is 0 Å². The number of amides is 2. The predicted octanol–water partition coefficient (Wildman–Crippen LogP) is 3.45. The Hall–Kier alpha value is -2.69. The highest BCUT2D eigenvalue weighted by molar-refractivity contribution is 6.11. The maximum atomic E-state index is 12.9. The van der Waals surface area contributed by atoms with Gasteiger partial charge in [-0.25, -0.2) is 9.18 Å². The van der Waals surface area contributed by atoms with E-state index < -0.39 is 0 Å². The number of hydrogen-bond acceptors (Lipinski definition) is 2. The second kappa shape index (κ2) is 5.36. The Morgan fingerprint density at radius 3 is 2.57 bits per heavy atom. The molecule has 4 nitrogen and oxygen atoms in total. The van der Waals surface area contributed by atoms with Crippen LogP contribution in [0.4, 0.5) is 20.6 Å². The van der Waals surface area contributed by atoms with Gasteiger partial charge in [0, 0.05) is 24.2 Å². The second-order valence-electron chi connectivity index (χ2n) is 4.78. The van der Waals surface area contributed by atoms with E-state index in [1.807, 2.05) is 0 Å². The van der Waals surface area contributed by atoms with Gasteiger partial charge < -0.3 is 5.32 Å². The van der Waals surface area contributed by atoms with Crippen molar-refractivity contribution in [3.63, 3.8) is 0 Å². The molecule has 1 aliphatic rings. The highest BCUT2D eigenvalue weighted by atomic mass is 19.1. The van der Waals surface area contributed by atoms with Crippen molar-refractivity contribution in [2.45, 2.75) is 6.42 Å². The largest absolute Gasteiger partial charge is 0.326 e. The zero-order valence-corrected chi connectivity index (χ0v) is 11.2. The minimum atomic E-state index is -0.359. The zero-order chi connectivity index (χ0) is 14.8. The van der Waals surface area contributed by atoms with E-state index >= 15 is 0 Å². The van der Waals surface area contributed by atoms with Crippen LogP contribution in [0.1, 0.15) is 16.8 Å². The predicted molar refractivity (Wildman–Crippen MR) is 78.2 cm³/mol. The highest BCUT2D eigenvalue weighted by Gasteiger charge is 2.26.